The van der Waals surface area contributed by atoms with Gasteiger partial charge < -0.3 is 14.9 Å². The quantitative estimate of drug-likeness (QED) is 0.846. The van der Waals surface area contributed by atoms with Gasteiger partial charge in [-0.1, -0.05) is 12.1 Å². The highest BCUT2D eigenvalue weighted by Gasteiger charge is 2.21. The highest BCUT2D eigenvalue weighted by Crippen LogP contribution is 2.33. The van der Waals surface area contributed by atoms with Crippen molar-refractivity contribution in [3.8, 4) is 0 Å². The summed E-state index contributed by atoms with van der Waals surface area (Å²) in [7, 11) is 0. The first-order valence-electron chi connectivity index (χ1n) is 6.87. The molecule has 2 rings (SSSR count). The summed E-state index contributed by atoms with van der Waals surface area (Å²) >= 11 is 1.28. The van der Waals surface area contributed by atoms with Gasteiger partial charge in [-0.3, -0.25) is 4.79 Å². The number of aromatic carboxylic acids is 1. The average molecular weight is 323 g/mol. The van der Waals surface area contributed by atoms with Gasteiger partial charge in [0, 0.05) is 17.7 Å². The minimum atomic E-state index is -1.02. The number of aryl methyl sites for hydroxylation is 3. The molecule has 0 saturated carbocycles. The van der Waals surface area contributed by atoms with Crippen LogP contribution in [0.1, 0.15) is 45.9 Å². The lowest BCUT2D eigenvalue weighted by Crippen LogP contribution is -2.14. The number of hydrogen-bond donors (Lipinski definition) is 2. The molecule has 8 heteroatoms. The Morgan fingerprint density at radius 2 is 2.09 bits per heavy atom. The van der Waals surface area contributed by atoms with E-state index in [0.29, 0.717) is 29.6 Å². The molecule has 0 radical (unpaired) electrons. The van der Waals surface area contributed by atoms with Gasteiger partial charge >= 0.3 is 5.97 Å². The molecule has 0 bridgehead atoms. The molecule has 118 valence electrons. The van der Waals surface area contributed by atoms with Crippen LogP contribution in [0.5, 0.6) is 0 Å². The third-order valence-electron chi connectivity index (χ3n) is 3.16. The topological polar surface area (TPSA) is 105 Å². The maximum atomic E-state index is 12.0. The Morgan fingerprint density at radius 1 is 1.36 bits per heavy atom. The minimum absolute atomic E-state index is 0.152. The van der Waals surface area contributed by atoms with E-state index in [1.54, 1.807) is 6.92 Å². The van der Waals surface area contributed by atoms with Crippen LogP contribution in [0.2, 0.25) is 0 Å². The zero-order valence-corrected chi connectivity index (χ0v) is 13.4. The molecule has 0 aliphatic rings. The molecule has 2 aromatic heterocycles. The predicted molar refractivity (Wildman–Crippen MR) is 81.4 cm³/mol. The molecule has 2 aromatic rings. The Labute approximate surface area is 131 Å². The fourth-order valence-electron chi connectivity index (χ4n) is 2.17. The molecule has 22 heavy (non-hydrogen) atoms. The fourth-order valence-corrected chi connectivity index (χ4v) is 3.32. The van der Waals surface area contributed by atoms with Crippen molar-refractivity contribution in [3.05, 3.63) is 27.7 Å². The average Bonchev–Trinajstić information content (AvgIpc) is 2.99. The third kappa shape index (κ3) is 3.51. The standard InChI is InChI=1S/C14H17N3O4S/c1-4-9-7(2)22-13(12(9)14(19)20)16-10(18)5-6-11-15-8(3)17-21-11/h4-6H2,1-3H3,(H,16,18)(H,19,20). The molecule has 0 aromatic carbocycles. The van der Waals surface area contributed by atoms with Crippen LogP contribution in [0.15, 0.2) is 4.52 Å². The van der Waals surface area contributed by atoms with Crippen LogP contribution in [0.3, 0.4) is 0 Å². The molecule has 0 fully saturated rings. The number of anilines is 1. The molecular formula is C14H17N3O4S. The number of nitrogens with one attached hydrogen (secondary N) is 1. The summed E-state index contributed by atoms with van der Waals surface area (Å²) in [5, 5.41) is 16.0. The van der Waals surface area contributed by atoms with Crippen molar-refractivity contribution in [1.29, 1.82) is 0 Å². The van der Waals surface area contributed by atoms with Crippen LogP contribution in [0.25, 0.3) is 0 Å². The smallest absolute Gasteiger partial charge is 0.339 e. The van der Waals surface area contributed by atoms with Gasteiger partial charge in [0.2, 0.25) is 11.8 Å². The SMILES string of the molecule is CCc1c(C)sc(NC(=O)CCc2nc(C)no2)c1C(=O)O. The molecule has 0 aliphatic heterocycles. The van der Waals surface area contributed by atoms with Gasteiger partial charge in [-0.25, -0.2) is 4.79 Å². The van der Waals surface area contributed by atoms with Crippen LogP contribution >= 0.6 is 11.3 Å². The van der Waals surface area contributed by atoms with Gasteiger partial charge in [0.15, 0.2) is 5.82 Å². The van der Waals surface area contributed by atoms with Crippen molar-refractivity contribution >= 4 is 28.2 Å². The van der Waals surface area contributed by atoms with Gasteiger partial charge in [0.05, 0.1) is 5.56 Å². The first kappa shape index (κ1) is 16.2. The lowest BCUT2D eigenvalue weighted by atomic mass is 10.1. The monoisotopic (exact) mass is 323 g/mol. The molecule has 0 unspecified atom stereocenters. The van der Waals surface area contributed by atoms with E-state index in [-0.39, 0.29) is 17.9 Å². The van der Waals surface area contributed by atoms with E-state index in [1.807, 2.05) is 13.8 Å². The van der Waals surface area contributed by atoms with Gasteiger partial charge in [-0.15, -0.1) is 11.3 Å². The van der Waals surface area contributed by atoms with Gasteiger partial charge in [-0.05, 0) is 25.8 Å². The van der Waals surface area contributed by atoms with Crippen LogP contribution in [-0.4, -0.2) is 27.1 Å². The van der Waals surface area contributed by atoms with Crippen LogP contribution in [0, 0.1) is 13.8 Å². The second-order valence-corrected chi connectivity index (χ2v) is 6.01. The largest absolute Gasteiger partial charge is 0.478 e. The number of carboxylic acids is 1. The first-order valence-corrected chi connectivity index (χ1v) is 7.68. The number of thiophene rings is 1. The van der Waals surface area contributed by atoms with Crippen molar-refractivity contribution in [3.63, 3.8) is 0 Å². The third-order valence-corrected chi connectivity index (χ3v) is 4.23. The highest BCUT2D eigenvalue weighted by atomic mass is 32.1. The maximum Gasteiger partial charge on any atom is 0.339 e. The summed E-state index contributed by atoms with van der Waals surface area (Å²) in [5.41, 5.74) is 0.951. The van der Waals surface area contributed by atoms with Gasteiger partial charge in [0.1, 0.15) is 5.00 Å². The lowest BCUT2D eigenvalue weighted by molar-refractivity contribution is -0.116. The van der Waals surface area contributed by atoms with E-state index in [1.165, 1.54) is 11.3 Å². The molecule has 2 heterocycles. The van der Waals surface area contributed by atoms with Crippen LogP contribution in [-0.2, 0) is 17.6 Å². The second-order valence-electron chi connectivity index (χ2n) is 4.78. The summed E-state index contributed by atoms with van der Waals surface area (Å²) < 4.78 is 4.93. The Morgan fingerprint density at radius 3 is 2.64 bits per heavy atom. The van der Waals surface area contributed by atoms with E-state index in [0.717, 1.165) is 10.4 Å². The molecule has 0 spiro atoms. The normalized spacial score (nSPS) is 10.7. The summed E-state index contributed by atoms with van der Waals surface area (Å²) in [6.07, 6.45) is 1.08. The van der Waals surface area contributed by atoms with Crippen molar-refractivity contribution in [1.82, 2.24) is 10.1 Å². The van der Waals surface area contributed by atoms with E-state index in [9.17, 15) is 14.7 Å². The van der Waals surface area contributed by atoms with Crippen LogP contribution < -0.4 is 5.32 Å². The number of hydrogen-bond acceptors (Lipinski definition) is 6. The fraction of sp³-hybridized carbons (Fsp3) is 0.429. The lowest BCUT2D eigenvalue weighted by Gasteiger charge is -2.04. The number of nitrogens with zero attached hydrogens (tertiary/aromatic N) is 2. The number of carbonyl (C=O) groups is 2. The number of amides is 1. The summed E-state index contributed by atoms with van der Waals surface area (Å²) in [4.78, 5) is 28.3. The second kappa shape index (κ2) is 6.69. The molecule has 2 N–H and O–H groups in total. The van der Waals surface area contributed by atoms with Crippen LogP contribution in [0.4, 0.5) is 5.00 Å². The Bertz CT molecular complexity index is 705. The summed E-state index contributed by atoms with van der Waals surface area (Å²) in [6, 6.07) is 0. The van der Waals surface area contributed by atoms with Crippen molar-refractivity contribution in [2.45, 2.75) is 40.0 Å². The summed E-state index contributed by atoms with van der Waals surface area (Å²) in [5.74, 6) is -0.390. The number of aromatic nitrogens is 2. The number of carboxylic acid groups (broad SMARTS) is 1. The Hall–Kier alpha value is -2.22. The Kier molecular flexibility index (Phi) is 4.92. The molecule has 0 saturated heterocycles. The van der Waals surface area contributed by atoms with E-state index in [4.69, 9.17) is 4.52 Å². The van der Waals surface area contributed by atoms with Gasteiger partial charge in [-0.2, -0.15) is 4.98 Å². The van der Waals surface area contributed by atoms with Crippen molar-refractivity contribution in [2.75, 3.05) is 5.32 Å². The number of rotatable bonds is 6. The minimum Gasteiger partial charge on any atom is -0.478 e. The predicted octanol–water partition coefficient (Wildman–Crippen LogP) is 2.58. The molecule has 0 aliphatic carbocycles. The van der Waals surface area contributed by atoms with Gasteiger partial charge in [0.25, 0.3) is 0 Å². The maximum absolute atomic E-state index is 12.0. The van der Waals surface area contributed by atoms with E-state index >= 15 is 0 Å². The Balaban J connectivity index is 2.06. The molecule has 0 atom stereocenters. The van der Waals surface area contributed by atoms with Crippen molar-refractivity contribution in [2.24, 2.45) is 0 Å². The van der Waals surface area contributed by atoms with Crippen molar-refractivity contribution < 1.29 is 19.2 Å². The summed E-state index contributed by atoms with van der Waals surface area (Å²) in [6.45, 7) is 5.45. The highest BCUT2D eigenvalue weighted by molar-refractivity contribution is 7.16. The van der Waals surface area contributed by atoms with E-state index in [2.05, 4.69) is 15.5 Å². The first-order chi connectivity index (χ1) is 10.4. The molecular weight excluding hydrogens is 306 g/mol. The number of carbonyl (C=O) groups excluding carboxylic acids is 1. The zero-order valence-electron chi connectivity index (χ0n) is 12.6. The van der Waals surface area contributed by atoms with E-state index < -0.39 is 5.97 Å². The molecule has 7 nitrogen and oxygen atoms in total. The molecule has 1 amide bonds. The zero-order chi connectivity index (χ0) is 16.3.